The van der Waals surface area contributed by atoms with E-state index in [0.717, 1.165) is 30.0 Å². The Morgan fingerprint density at radius 1 is 0.703 bits per heavy atom. The summed E-state index contributed by atoms with van der Waals surface area (Å²) >= 11 is 0. The van der Waals surface area contributed by atoms with Crippen LogP contribution < -0.4 is 4.74 Å². The van der Waals surface area contributed by atoms with E-state index in [1.54, 1.807) is 0 Å². The summed E-state index contributed by atoms with van der Waals surface area (Å²) in [7, 11) is 0. The van der Waals surface area contributed by atoms with E-state index < -0.39 is 6.10 Å². The number of hydrogen-bond donors (Lipinski definition) is 1. The average molecular weight is 518 g/mol. The summed E-state index contributed by atoms with van der Waals surface area (Å²) in [4.78, 5) is 2.28. The van der Waals surface area contributed by atoms with Gasteiger partial charge in [0, 0.05) is 19.6 Å². The molecule has 37 heavy (non-hydrogen) atoms. The highest BCUT2D eigenvalue weighted by atomic mass is 35.5. The summed E-state index contributed by atoms with van der Waals surface area (Å²) in [5.41, 5.74) is 4.44. The van der Waals surface area contributed by atoms with E-state index in [1.165, 1.54) is 11.1 Å². The number of ether oxygens (including phenoxy) is 2. The van der Waals surface area contributed by atoms with Crippen molar-refractivity contribution in [2.75, 3.05) is 13.2 Å². The maximum atomic E-state index is 11.2. The van der Waals surface area contributed by atoms with Crippen molar-refractivity contribution in [3.05, 3.63) is 138 Å². The third-order valence-electron chi connectivity index (χ3n) is 5.97. The van der Waals surface area contributed by atoms with E-state index in [1.807, 2.05) is 61.5 Å². The second-order valence-electron chi connectivity index (χ2n) is 9.16. The van der Waals surface area contributed by atoms with Crippen molar-refractivity contribution in [2.45, 2.75) is 38.8 Å². The van der Waals surface area contributed by atoms with E-state index in [0.29, 0.717) is 19.8 Å². The molecule has 0 fully saturated rings. The summed E-state index contributed by atoms with van der Waals surface area (Å²) in [5, 5.41) is 11.2. The lowest BCUT2D eigenvalue weighted by Gasteiger charge is -2.26. The highest BCUT2D eigenvalue weighted by molar-refractivity contribution is 5.85. The Morgan fingerprint density at radius 3 is 1.81 bits per heavy atom. The van der Waals surface area contributed by atoms with E-state index >= 15 is 0 Å². The zero-order valence-corrected chi connectivity index (χ0v) is 22.1. The molecule has 0 amide bonds. The second kappa shape index (κ2) is 15.2. The fraction of sp³-hybridized carbons (Fsp3) is 0.250. The topological polar surface area (TPSA) is 41.9 Å². The molecule has 2 atom stereocenters. The standard InChI is InChI=1S/C32H35NO3.ClH/c1-26(24-35-25-29-16-9-4-10-17-29)36-31-19-11-18-30(20-31)32(34)23-33(21-27-12-5-2-6-13-27)22-28-14-7-3-8-15-28;/h2-20,26,32,34H,21-25H2,1H3;1H/t26-,32+;/m0./s1. The molecule has 0 bridgehead atoms. The molecule has 1 N–H and O–H groups in total. The minimum absolute atomic E-state index is 0. The lowest BCUT2D eigenvalue weighted by molar-refractivity contribution is 0.0490. The van der Waals surface area contributed by atoms with E-state index in [-0.39, 0.29) is 18.5 Å². The van der Waals surface area contributed by atoms with Crippen molar-refractivity contribution in [2.24, 2.45) is 0 Å². The van der Waals surface area contributed by atoms with Crippen LogP contribution in [0.3, 0.4) is 0 Å². The van der Waals surface area contributed by atoms with Crippen LogP contribution in [-0.2, 0) is 24.4 Å². The molecule has 0 spiro atoms. The van der Waals surface area contributed by atoms with Gasteiger partial charge in [0.15, 0.2) is 0 Å². The Hall–Kier alpha value is -3.15. The van der Waals surface area contributed by atoms with Crippen LogP contribution in [0.2, 0.25) is 0 Å². The molecule has 0 saturated heterocycles. The first-order chi connectivity index (χ1) is 17.7. The molecule has 0 aliphatic heterocycles. The SMILES string of the molecule is C[C@@H](COCc1ccccc1)Oc1cccc([C@H](O)CN(Cc2ccccc2)Cc2ccccc2)c1.Cl. The predicted octanol–water partition coefficient (Wildman–Crippen LogP) is 6.83. The molecule has 194 valence electrons. The normalized spacial score (nSPS) is 12.5. The molecule has 0 aromatic heterocycles. The number of nitrogens with zero attached hydrogens (tertiary/aromatic N) is 1. The summed E-state index contributed by atoms with van der Waals surface area (Å²) in [5.74, 6) is 0.736. The zero-order chi connectivity index (χ0) is 25.0. The summed E-state index contributed by atoms with van der Waals surface area (Å²) < 4.78 is 11.9. The van der Waals surface area contributed by atoms with Gasteiger partial charge in [-0.2, -0.15) is 0 Å². The van der Waals surface area contributed by atoms with Crippen LogP contribution in [-0.4, -0.2) is 29.3 Å². The summed E-state index contributed by atoms with van der Waals surface area (Å²) in [6.45, 7) is 5.09. The first-order valence-electron chi connectivity index (χ1n) is 12.5. The first-order valence-corrected chi connectivity index (χ1v) is 12.5. The highest BCUT2D eigenvalue weighted by Crippen LogP contribution is 2.23. The lowest BCUT2D eigenvalue weighted by atomic mass is 10.1. The number of halogens is 1. The molecule has 0 aliphatic carbocycles. The molecule has 4 aromatic rings. The van der Waals surface area contributed by atoms with Gasteiger partial charge in [0.25, 0.3) is 0 Å². The third kappa shape index (κ3) is 9.67. The maximum absolute atomic E-state index is 11.2. The van der Waals surface area contributed by atoms with Gasteiger partial charge in [-0.25, -0.2) is 0 Å². The van der Waals surface area contributed by atoms with Gasteiger partial charge in [-0.3, -0.25) is 4.90 Å². The van der Waals surface area contributed by atoms with Crippen molar-refractivity contribution < 1.29 is 14.6 Å². The number of aliphatic hydroxyl groups excluding tert-OH is 1. The van der Waals surface area contributed by atoms with E-state index in [9.17, 15) is 5.11 Å². The van der Waals surface area contributed by atoms with Gasteiger partial charge >= 0.3 is 0 Å². The molecule has 5 heteroatoms. The predicted molar refractivity (Wildman–Crippen MR) is 152 cm³/mol. The van der Waals surface area contributed by atoms with Gasteiger partial charge in [0.05, 0.1) is 19.3 Å². The molecule has 0 aliphatic rings. The smallest absolute Gasteiger partial charge is 0.120 e. The first kappa shape index (κ1) is 28.4. The Balaban J connectivity index is 0.00000380. The van der Waals surface area contributed by atoms with Gasteiger partial charge in [-0.15, -0.1) is 12.4 Å². The van der Waals surface area contributed by atoms with Crippen LogP contribution >= 0.6 is 12.4 Å². The Labute approximate surface area is 226 Å². The van der Waals surface area contributed by atoms with Gasteiger partial charge in [0.1, 0.15) is 11.9 Å². The van der Waals surface area contributed by atoms with Crippen molar-refractivity contribution in [3.63, 3.8) is 0 Å². The van der Waals surface area contributed by atoms with Crippen LogP contribution in [0.1, 0.15) is 35.3 Å². The van der Waals surface area contributed by atoms with Crippen molar-refractivity contribution in [1.29, 1.82) is 0 Å². The molecule has 4 rings (SSSR count). The molecule has 0 heterocycles. The largest absolute Gasteiger partial charge is 0.488 e. The molecular weight excluding hydrogens is 482 g/mol. The van der Waals surface area contributed by atoms with Crippen molar-refractivity contribution in [3.8, 4) is 5.75 Å². The van der Waals surface area contributed by atoms with Crippen LogP contribution in [0.25, 0.3) is 0 Å². The summed E-state index contributed by atoms with van der Waals surface area (Å²) in [6, 6.07) is 38.6. The van der Waals surface area contributed by atoms with E-state index in [2.05, 4.69) is 65.6 Å². The van der Waals surface area contributed by atoms with Crippen molar-refractivity contribution in [1.82, 2.24) is 4.90 Å². The van der Waals surface area contributed by atoms with Crippen LogP contribution in [0.5, 0.6) is 5.75 Å². The number of hydrogen-bond acceptors (Lipinski definition) is 4. The molecule has 4 nitrogen and oxygen atoms in total. The fourth-order valence-corrected chi connectivity index (χ4v) is 4.20. The molecule has 0 saturated carbocycles. The lowest BCUT2D eigenvalue weighted by Crippen LogP contribution is -2.28. The minimum atomic E-state index is -0.634. The highest BCUT2D eigenvalue weighted by Gasteiger charge is 2.16. The Morgan fingerprint density at radius 2 is 1.24 bits per heavy atom. The Kier molecular flexibility index (Phi) is 11.7. The van der Waals surface area contributed by atoms with Crippen LogP contribution in [0.4, 0.5) is 0 Å². The fourth-order valence-electron chi connectivity index (χ4n) is 4.20. The average Bonchev–Trinajstić information content (AvgIpc) is 2.90. The maximum Gasteiger partial charge on any atom is 0.120 e. The Bertz CT molecular complexity index is 1120. The number of rotatable bonds is 13. The van der Waals surface area contributed by atoms with Gasteiger partial charge < -0.3 is 14.6 Å². The summed E-state index contributed by atoms with van der Waals surface area (Å²) in [6.07, 6.45) is -0.737. The number of benzene rings is 4. The van der Waals surface area contributed by atoms with E-state index in [4.69, 9.17) is 9.47 Å². The molecule has 0 unspecified atom stereocenters. The molecule has 4 aromatic carbocycles. The second-order valence-corrected chi connectivity index (χ2v) is 9.16. The van der Waals surface area contributed by atoms with Gasteiger partial charge in [-0.05, 0) is 41.3 Å². The quantitative estimate of drug-likeness (QED) is 0.211. The third-order valence-corrected chi connectivity index (χ3v) is 5.97. The monoisotopic (exact) mass is 517 g/mol. The van der Waals surface area contributed by atoms with Crippen molar-refractivity contribution >= 4 is 12.4 Å². The molecular formula is C32H36ClNO3. The zero-order valence-electron chi connectivity index (χ0n) is 21.3. The minimum Gasteiger partial charge on any atom is -0.488 e. The van der Waals surface area contributed by atoms with Gasteiger partial charge in [0.2, 0.25) is 0 Å². The molecule has 0 radical (unpaired) electrons. The van der Waals surface area contributed by atoms with Crippen LogP contribution in [0, 0.1) is 0 Å². The number of aliphatic hydroxyl groups is 1. The van der Waals surface area contributed by atoms with Gasteiger partial charge in [-0.1, -0.05) is 103 Å². The van der Waals surface area contributed by atoms with Crippen LogP contribution in [0.15, 0.2) is 115 Å².